The van der Waals surface area contributed by atoms with Crippen molar-refractivity contribution in [1.29, 1.82) is 0 Å². The third kappa shape index (κ3) is 5.89. The SMILES string of the molecule is CC(CNC(=O)CCCCl)Oc1cccc(Cl)c1Cl. The summed E-state index contributed by atoms with van der Waals surface area (Å²) in [4.78, 5) is 11.4. The molecule has 1 unspecified atom stereocenters. The van der Waals surface area contributed by atoms with Crippen LogP contribution in [0.2, 0.25) is 10.0 Å². The molecule has 0 aliphatic heterocycles. The van der Waals surface area contributed by atoms with Gasteiger partial charge in [0.25, 0.3) is 0 Å². The molecule has 0 saturated carbocycles. The van der Waals surface area contributed by atoms with Crippen LogP contribution in [0.25, 0.3) is 0 Å². The Kier molecular flexibility index (Phi) is 7.36. The molecule has 0 aromatic heterocycles. The molecule has 0 spiro atoms. The van der Waals surface area contributed by atoms with Gasteiger partial charge in [0.15, 0.2) is 0 Å². The zero-order chi connectivity index (χ0) is 14.3. The molecule has 6 heteroatoms. The van der Waals surface area contributed by atoms with Crippen LogP contribution in [0, 0.1) is 0 Å². The van der Waals surface area contributed by atoms with Crippen LogP contribution < -0.4 is 10.1 Å². The molecule has 0 heterocycles. The molecule has 0 radical (unpaired) electrons. The monoisotopic (exact) mass is 323 g/mol. The summed E-state index contributed by atoms with van der Waals surface area (Å²) in [6, 6.07) is 5.19. The van der Waals surface area contributed by atoms with Gasteiger partial charge < -0.3 is 10.1 Å². The first kappa shape index (κ1) is 16.4. The van der Waals surface area contributed by atoms with Gasteiger partial charge in [-0.15, -0.1) is 11.6 Å². The Morgan fingerprint density at radius 2 is 2.16 bits per heavy atom. The lowest BCUT2D eigenvalue weighted by Gasteiger charge is -2.16. The van der Waals surface area contributed by atoms with Crippen LogP contribution in [0.5, 0.6) is 5.75 Å². The van der Waals surface area contributed by atoms with Crippen molar-refractivity contribution in [2.45, 2.75) is 25.9 Å². The highest BCUT2D eigenvalue weighted by atomic mass is 35.5. The van der Waals surface area contributed by atoms with Crippen LogP contribution in [-0.2, 0) is 4.79 Å². The smallest absolute Gasteiger partial charge is 0.220 e. The average Bonchev–Trinajstić information content (AvgIpc) is 2.39. The zero-order valence-corrected chi connectivity index (χ0v) is 12.9. The van der Waals surface area contributed by atoms with E-state index in [1.54, 1.807) is 18.2 Å². The molecule has 106 valence electrons. The first-order valence-electron chi connectivity index (χ1n) is 5.98. The van der Waals surface area contributed by atoms with Gasteiger partial charge in [0, 0.05) is 12.3 Å². The largest absolute Gasteiger partial charge is 0.487 e. The lowest BCUT2D eigenvalue weighted by Crippen LogP contribution is -2.33. The summed E-state index contributed by atoms with van der Waals surface area (Å²) in [5.41, 5.74) is 0. The number of benzene rings is 1. The van der Waals surface area contributed by atoms with Gasteiger partial charge in [-0.2, -0.15) is 0 Å². The summed E-state index contributed by atoms with van der Waals surface area (Å²) in [5, 5.41) is 3.59. The number of nitrogens with one attached hydrogen (secondary N) is 1. The number of ether oxygens (including phenoxy) is 1. The van der Waals surface area contributed by atoms with Crippen LogP contribution >= 0.6 is 34.8 Å². The van der Waals surface area contributed by atoms with Crippen LogP contribution in [0.1, 0.15) is 19.8 Å². The molecule has 1 aromatic rings. The maximum Gasteiger partial charge on any atom is 0.220 e. The second-order valence-electron chi connectivity index (χ2n) is 4.08. The topological polar surface area (TPSA) is 38.3 Å². The third-order valence-electron chi connectivity index (χ3n) is 2.37. The van der Waals surface area contributed by atoms with Crippen molar-refractivity contribution in [2.75, 3.05) is 12.4 Å². The second-order valence-corrected chi connectivity index (χ2v) is 5.24. The van der Waals surface area contributed by atoms with Crippen LogP contribution in [0.4, 0.5) is 0 Å². The highest BCUT2D eigenvalue weighted by Crippen LogP contribution is 2.31. The Morgan fingerprint density at radius 1 is 1.42 bits per heavy atom. The lowest BCUT2D eigenvalue weighted by atomic mass is 10.3. The molecule has 1 rings (SSSR count). The summed E-state index contributed by atoms with van der Waals surface area (Å²) in [7, 11) is 0. The fourth-order valence-corrected chi connectivity index (χ4v) is 1.88. The van der Waals surface area contributed by atoms with Crippen molar-refractivity contribution >= 4 is 40.7 Å². The minimum atomic E-state index is -0.198. The Balaban J connectivity index is 2.41. The highest BCUT2D eigenvalue weighted by Gasteiger charge is 2.10. The summed E-state index contributed by atoms with van der Waals surface area (Å²) in [6.45, 7) is 2.25. The van der Waals surface area contributed by atoms with Crippen LogP contribution in [-0.4, -0.2) is 24.4 Å². The minimum Gasteiger partial charge on any atom is -0.487 e. The van der Waals surface area contributed by atoms with Gasteiger partial charge in [0.2, 0.25) is 5.91 Å². The van der Waals surface area contributed by atoms with E-state index in [1.165, 1.54) is 0 Å². The number of halogens is 3. The molecular weight excluding hydrogens is 309 g/mol. The molecule has 1 atom stereocenters. The number of hydrogen-bond donors (Lipinski definition) is 1. The first-order valence-corrected chi connectivity index (χ1v) is 7.27. The number of alkyl halides is 1. The molecule has 0 aliphatic rings. The minimum absolute atomic E-state index is 0.0340. The van der Waals surface area contributed by atoms with E-state index < -0.39 is 0 Å². The van der Waals surface area contributed by atoms with Gasteiger partial charge in [0.05, 0.1) is 11.6 Å². The van der Waals surface area contributed by atoms with Crippen molar-refractivity contribution in [2.24, 2.45) is 0 Å². The average molecular weight is 325 g/mol. The number of carbonyl (C=O) groups excluding carboxylic acids is 1. The molecule has 0 saturated heterocycles. The number of rotatable bonds is 7. The molecule has 0 aliphatic carbocycles. The van der Waals surface area contributed by atoms with Crippen molar-refractivity contribution in [3.8, 4) is 5.75 Å². The highest BCUT2D eigenvalue weighted by molar-refractivity contribution is 6.42. The Labute approximate surface area is 128 Å². The summed E-state index contributed by atoms with van der Waals surface area (Å²) in [5.74, 6) is 0.961. The van der Waals surface area contributed by atoms with Gasteiger partial charge in [-0.05, 0) is 25.5 Å². The Morgan fingerprint density at radius 3 is 2.84 bits per heavy atom. The van der Waals surface area contributed by atoms with E-state index in [2.05, 4.69) is 5.32 Å². The Hall–Kier alpha value is -0.640. The quantitative estimate of drug-likeness (QED) is 0.773. The van der Waals surface area contributed by atoms with Crippen LogP contribution in [0.3, 0.4) is 0 Å². The summed E-state index contributed by atoms with van der Waals surface area (Å²) >= 11 is 17.4. The van der Waals surface area contributed by atoms with E-state index in [1.807, 2.05) is 6.92 Å². The molecule has 1 aromatic carbocycles. The van der Waals surface area contributed by atoms with Crippen molar-refractivity contribution in [3.63, 3.8) is 0 Å². The van der Waals surface area contributed by atoms with Gasteiger partial charge in [0.1, 0.15) is 16.9 Å². The second kappa shape index (κ2) is 8.51. The van der Waals surface area contributed by atoms with E-state index in [9.17, 15) is 4.79 Å². The standard InChI is InChI=1S/C13H16Cl3NO2/c1-9(8-17-12(18)6-3-7-14)19-11-5-2-4-10(15)13(11)16/h2,4-5,9H,3,6-8H2,1H3,(H,17,18). The summed E-state index contributed by atoms with van der Waals surface area (Å²) < 4.78 is 5.62. The number of hydrogen-bond acceptors (Lipinski definition) is 2. The lowest BCUT2D eigenvalue weighted by molar-refractivity contribution is -0.121. The maximum atomic E-state index is 11.4. The number of carbonyl (C=O) groups is 1. The van der Waals surface area contributed by atoms with Gasteiger partial charge in [-0.1, -0.05) is 29.3 Å². The van der Waals surface area contributed by atoms with E-state index in [0.29, 0.717) is 41.1 Å². The molecule has 3 nitrogen and oxygen atoms in total. The van der Waals surface area contributed by atoms with E-state index >= 15 is 0 Å². The van der Waals surface area contributed by atoms with Gasteiger partial charge in [-0.25, -0.2) is 0 Å². The molecule has 19 heavy (non-hydrogen) atoms. The van der Waals surface area contributed by atoms with E-state index in [-0.39, 0.29) is 12.0 Å². The van der Waals surface area contributed by atoms with Crippen molar-refractivity contribution in [3.05, 3.63) is 28.2 Å². The summed E-state index contributed by atoms with van der Waals surface area (Å²) in [6.07, 6.45) is 0.896. The van der Waals surface area contributed by atoms with E-state index in [0.717, 1.165) is 0 Å². The first-order chi connectivity index (χ1) is 9.04. The third-order valence-corrected chi connectivity index (χ3v) is 3.44. The maximum absolute atomic E-state index is 11.4. The van der Waals surface area contributed by atoms with Gasteiger partial charge >= 0.3 is 0 Å². The molecule has 0 bridgehead atoms. The predicted octanol–water partition coefficient (Wildman–Crippen LogP) is 3.90. The van der Waals surface area contributed by atoms with Crippen molar-refractivity contribution in [1.82, 2.24) is 5.32 Å². The number of amides is 1. The van der Waals surface area contributed by atoms with Crippen molar-refractivity contribution < 1.29 is 9.53 Å². The molecule has 1 N–H and O–H groups in total. The van der Waals surface area contributed by atoms with E-state index in [4.69, 9.17) is 39.5 Å². The van der Waals surface area contributed by atoms with Crippen LogP contribution in [0.15, 0.2) is 18.2 Å². The fourth-order valence-electron chi connectivity index (χ4n) is 1.41. The molecular formula is C13H16Cl3NO2. The fraction of sp³-hybridized carbons (Fsp3) is 0.462. The molecule has 0 fully saturated rings. The molecule has 1 amide bonds. The zero-order valence-electron chi connectivity index (χ0n) is 10.6. The normalized spacial score (nSPS) is 12.0. The predicted molar refractivity (Wildman–Crippen MR) is 79.5 cm³/mol. The van der Waals surface area contributed by atoms with Gasteiger partial charge in [-0.3, -0.25) is 4.79 Å². The Bertz CT molecular complexity index is 426.